The van der Waals surface area contributed by atoms with Crippen molar-refractivity contribution >= 4 is 50.9 Å². The highest BCUT2D eigenvalue weighted by molar-refractivity contribution is 7.98. The number of rotatable bonds is 9. The largest absolute Gasteiger partial charge is 0.351 e. The van der Waals surface area contributed by atoms with Gasteiger partial charge < -0.3 is 5.32 Å². The second-order valence-corrected chi connectivity index (χ2v) is 9.30. The summed E-state index contributed by atoms with van der Waals surface area (Å²) in [7, 11) is -4.12. The third kappa shape index (κ3) is 6.35. The molecule has 0 saturated heterocycles. The molecule has 1 unspecified atom stereocenters. The lowest BCUT2D eigenvalue weighted by molar-refractivity contribution is -0.122. The first-order chi connectivity index (χ1) is 13.2. The summed E-state index contributed by atoms with van der Waals surface area (Å²) in [6.45, 7) is 0.142. The van der Waals surface area contributed by atoms with Gasteiger partial charge in [-0.2, -0.15) is 16.5 Å². The number of carbonyl (C=O) groups is 1. The molecule has 152 valence electrons. The lowest BCUT2D eigenvalue weighted by Crippen LogP contribution is -2.46. The quantitative estimate of drug-likeness (QED) is 0.590. The molecule has 2 aromatic carbocycles. The van der Waals surface area contributed by atoms with Gasteiger partial charge in [0, 0.05) is 6.54 Å². The second kappa shape index (κ2) is 10.5. The van der Waals surface area contributed by atoms with Gasteiger partial charge >= 0.3 is 0 Å². The van der Waals surface area contributed by atoms with Crippen LogP contribution in [0.1, 0.15) is 12.0 Å². The van der Waals surface area contributed by atoms with Crippen LogP contribution >= 0.6 is 35.0 Å². The number of sulfonamides is 1. The average molecular weight is 465 g/mol. The number of benzene rings is 2. The van der Waals surface area contributed by atoms with Crippen molar-refractivity contribution in [3.8, 4) is 0 Å². The van der Waals surface area contributed by atoms with E-state index in [2.05, 4.69) is 10.0 Å². The standard InChI is InChI=1S/C18H19Cl2FN2O3S2/c1-27-10-9-16(18(24)22-11-12-5-7-13(21)8-6-12)23-28(25,26)17-14(19)3-2-4-15(17)20/h2-8,16,23H,9-11H2,1H3,(H,22,24). The van der Waals surface area contributed by atoms with Crippen molar-refractivity contribution in [2.75, 3.05) is 12.0 Å². The van der Waals surface area contributed by atoms with Crippen molar-refractivity contribution in [1.29, 1.82) is 0 Å². The molecule has 0 bridgehead atoms. The van der Waals surface area contributed by atoms with Gasteiger partial charge in [-0.15, -0.1) is 0 Å². The molecule has 0 aromatic heterocycles. The predicted octanol–water partition coefficient (Wildman–Crippen LogP) is 3.85. The topological polar surface area (TPSA) is 75.3 Å². The van der Waals surface area contributed by atoms with Gasteiger partial charge in [0.15, 0.2) is 0 Å². The number of hydrogen-bond donors (Lipinski definition) is 2. The number of carbonyl (C=O) groups excluding carboxylic acids is 1. The molecule has 0 fully saturated rings. The van der Waals surface area contributed by atoms with Gasteiger partial charge in [0.2, 0.25) is 15.9 Å². The van der Waals surface area contributed by atoms with Crippen LogP contribution in [0, 0.1) is 5.82 Å². The van der Waals surface area contributed by atoms with Crippen LogP contribution in [0.2, 0.25) is 10.0 Å². The molecule has 28 heavy (non-hydrogen) atoms. The van der Waals surface area contributed by atoms with Crippen molar-refractivity contribution in [1.82, 2.24) is 10.0 Å². The molecule has 0 aliphatic carbocycles. The fourth-order valence-electron chi connectivity index (χ4n) is 2.38. The third-order valence-electron chi connectivity index (χ3n) is 3.79. The van der Waals surface area contributed by atoms with Crippen LogP contribution in [0.4, 0.5) is 4.39 Å². The van der Waals surface area contributed by atoms with Gasteiger partial charge in [0.25, 0.3) is 0 Å². The molecule has 0 aliphatic rings. The summed E-state index contributed by atoms with van der Waals surface area (Å²) in [6.07, 6.45) is 2.13. The summed E-state index contributed by atoms with van der Waals surface area (Å²) >= 11 is 13.5. The van der Waals surface area contributed by atoms with Gasteiger partial charge in [-0.05, 0) is 48.3 Å². The highest BCUT2D eigenvalue weighted by Crippen LogP contribution is 2.29. The monoisotopic (exact) mass is 464 g/mol. The highest BCUT2D eigenvalue weighted by Gasteiger charge is 2.28. The number of thioether (sulfide) groups is 1. The Morgan fingerprint density at radius 3 is 2.32 bits per heavy atom. The summed E-state index contributed by atoms with van der Waals surface area (Å²) in [4.78, 5) is 12.3. The van der Waals surface area contributed by atoms with E-state index in [1.807, 2.05) is 6.26 Å². The summed E-state index contributed by atoms with van der Waals surface area (Å²) in [6, 6.07) is 9.00. The SMILES string of the molecule is CSCCC(NS(=O)(=O)c1c(Cl)cccc1Cl)C(=O)NCc1ccc(F)cc1. The van der Waals surface area contributed by atoms with Crippen molar-refractivity contribution < 1.29 is 17.6 Å². The van der Waals surface area contributed by atoms with Crippen LogP contribution in [0.15, 0.2) is 47.4 Å². The van der Waals surface area contributed by atoms with Crippen LogP contribution in [0.5, 0.6) is 0 Å². The Kier molecular flexibility index (Phi) is 8.57. The predicted molar refractivity (Wildman–Crippen MR) is 112 cm³/mol. The lowest BCUT2D eigenvalue weighted by atomic mass is 10.2. The molecular formula is C18H19Cl2FN2O3S2. The fourth-order valence-corrected chi connectivity index (χ4v) is 5.22. The summed E-state index contributed by atoms with van der Waals surface area (Å²) in [5.74, 6) is -0.310. The van der Waals surface area contributed by atoms with E-state index in [4.69, 9.17) is 23.2 Å². The molecule has 0 spiro atoms. The van der Waals surface area contributed by atoms with Crippen LogP contribution in [-0.2, 0) is 21.4 Å². The molecule has 5 nitrogen and oxygen atoms in total. The number of halogens is 3. The van der Waals surface area contributed by atoms with E-state index in [1.54, 1.807) is 12.1 Å². The molecule has 0 aliphatic heterocycles. The fraction of sp³-hybridized carbons (Fsp3) is 0.278. The minimum absolute atomic E-state index is 0.0321. The Labute approximate surface area is 178 Å². The molecule has 1 amide bonds. The molecule has 2 N–H and O–H groups in total. The van der Waals surface area contributed by atoms with E-state index in [-0.39, 0.29) is 33.7 Å². The summed E-state index contributed by atoms with van der Waals surface area (Å²) < 4.78 is 40.9. The Morgan fingerprint density at radius 1 is 1.14 bits per heavy atom. The van der Waals surface area contributed by atoms with Gasteiger partial charge in [0.1, 0.15) is 16.8 Å². The van der Waals surface area contributed by atoms with Gasteiger partial charge in [-0.25, -0.2) is 12.8 Å². The minimum Gasteiger partial charge on any atom is -0.351 e. The maximum absolute atomic E-state index is 13.0. The van der Waals surface area contributed by atoms with Gasteiger partial charge in [0.05, 0.1) is 10.0 Å². The Hall–Kier alpha value is -1.32. The van der Waals surface area contributed by atoms with Crippen molar-refractivity contribution in [3.05, 3.63) is 63.9 Å². The molecule has 1 atom stereocenters. The molecule has 2 aromatic rings. The first-order valence-corrected chi connectivity index (χ1v) is 11.9. The first kappa shape index (κ1) is 23.0. The van der Waals surface area contributed by atoms with Crippen LogP contribution < -0.4 is 10.0 Å². The van der Waals surface area contributed by atoms with E-state index in [1.165, 1.54) is 42.1 Å². The zero-order chi connectivity index (χ0) is 20.7. The molecular weight excluding hydrogens is 446 g/mol. The number of amides is 1. The van der Waals surface area contributed by atoms with Crippen molar-refractivity contribution in [2.45, 2.75) is 23.9 Å². The molecule has 0 radical (unpaired) electrons. The van der Waals surface area contributed by atoms with E-state index >= 15 is 0 Å². The number of nitrogens with one attached hydrogen (secondary N) is 2. The number of hydrogen-bond acceptors (Lipinski definition) is 4. The van der Waals surface area contributed by atoms with Crippen molar-refractivity contribution in [3.63, 3.8) is 0 Å². The molecule has 0 heterocycles. The van der Waals surface area contributed by atoms with E-state index < -0.39 is 22.0 Å². The maximum Gasteiger partial charge on any atom is 0.244 e. The van der Waals surface area contributed by atoms with Crippen LogP contribution in [-0.4, -0.2) is 32.4 Å². The maximum atomic E-state index is 13.0. The van der Waals surface area contributed by atoms with Crippen LogP contribution in [0.25, 0.3) is 0 Å². The average Bonchev–Trinajstić information content (AvgIpc) is 2.64. The van der Waals surface area contributed by atoms with Crippen molar-refractivity contribution in [2.24, 2.45) is 0 Å². The lowest BCUT2D eigenvalue weighted by Gasteiger charge is -2.19. The van der Waals surface area contributed by atoms with E-state index in [0.717, 1.165) is 0 Å². The van der Waals surface area contributed by atoms with Gasteiger partial charge in [-0.3, -0.25) is 4.79 Å². The zero-order valence-electron chi connectivity index (χ0n) is 14.9. The smallest absolute Gasteiger partial charge is 0.244 e. The minimum atomic E-state index is -4.12. The zero-order valence-corrected chi connectivity index (χ0v) is 18.1. The third-order valence-corrected chi connectivity index (χ3v) is 6.86. The second-order valence-electron chi connectivity index (χ2n) is 5.85. The first-order valence-electron chi connectivity index (χ1n) is 8.22. The Bertz CT molecular complexity index is 905. The highest BCUT2D eigenvalue weighted by atomic mass is 35.5. The summed E-state index contributed by atoms with van der Waals surface area (Å²) in [5, 5.41) is 2.60. The van der Waals surface area contributed by atoms with Crippen LogP contribution in [0.3, 0.4) is 0 Å². The Balaban J connectivity index is 2.15. The van der Waals surface area contributed by atoms with Gasteiger partial charge in [-0.1, -0.05) is 41.4 Å². The molecule has 10 heteroatoms. The Morgan fingerprint density at radius 2 is 1.75 bits per heavy atom. The normalized spacial score (nSPS) is 12.6. The van der Waals surface area contributed by atoms with E-state index in [9.17, 15) is 17.6 Å². The molecule has 2 rings (SSSR count). The van der Waals surface area contributed by atoms with E-state index in [0.29, 0.717) is 11.3 Å². The summed E-state index contributed by atoms with van der Waals surface area (Å²) in [5.41, 5.74) is 0.690. The molecule has 0 saturated carbocycles.